The maximum absolute atomic E-state index is 12.3. The molecule has 0 bridgehead atoms. The summed E-state index contributed by atoms with van der Waals surface area (Å²) >= 11 is 0. The maximum Gasteiger partial charge on any atom is 0.314 e. The molecule has 1 aliphatic rings. The van der Waals surface area contributed by atoms with Crippen LogP contribution >= 0.6 is 0 Å². The average molecular weight is 370 g/mol. The Morgan fingerprint density at radius 3 is 2.15 bits per heavy atom. The predicted octanol–water partition coefficient (Wildman–Crippen LogP) is 6.61. The van der Waals surface area contributed by atoms with E-state index in [1.165, 1.54) is 56.9 Å². The Kier molecular flexibility index (Phi) is 9.98. The molecule has 1 fully saturated rings. The summed E-state index contributed by atoms with van der Waals surface area (Å²) in [5, 5.41) is 8.95. The van der Waals surface area contributed by atoms with Gasteiger partial charge in [0.15, 0.2) is 0 Å². The minimum absolute atomic E-state index is 0.0494. The summed E-state index contributed by atoms with van der Waals surface area (Å²) in [6.07, 6.45) is 15.0. The van der Waals surface area contributed by atoms with Crippen LogP contribution in [-0.2, 0) is 11.2 Å². The molecule has 0 spiro atoms. The molecule has 3 nitrogen and oxygen atoms in total. The smallest absolute Gasteiger partial charge is 0.314 e. The van der Waals surface area contributed by atoms with Gasteiger partial charge in [-0.05, 0) is 56.2 Å². The number of hydrogen-bond donors (Lipinski definition) is 0. The minimum atomic E-state index is -0.137. The Morgan fingerprint density at radius 2 is 1.56 bits per heavy atom. The zero-order valence-electron chi connectivity index (χ0n) is 16.9. The fourth-order valence-electron chi connectivity index (χ4n) is 3.84. The van der Waals surface area contributed by atoms with Crippen molar-refractivity contribution in [2.24, 2.45) is 11.8 Å². The summed E-state index contributed by atoms with van der Waals surface area (Å²) in [7, 11) is 0. The van der Waals surface area contributed by atoms with Crippen LogP contribution in [0, 0.1) is 23.2 Å². The predicted molar refractivity (Wildman–Crippen MR) is 109 cm³/mol. The summed E-state index contributed by atoms with van der Waals surface area (Å²) in [4.78, 5) is 12.3. The highest BCUT2D eigenvalue weighted by Crippen LogP contribution is 2.29. The third-order valence-corrected chi connectivity index (χ3v) is 5.70. The highest BCUT2D eigenvalue weighted by Gasteiger charge is 2.27. The largest absolute Gasteiger partial charge is 0.426 e. The standard InChI is InChI=1S/C24H35NO2/c1-2-3-4-5-6-7-8-9-10-20-13-17-23(18-14-20)27-24(26)22-15-11-21(19-25)12-16-22/h13-14,17-18,21-22H,2-12,15-16H2,1H3. The van der Waals surface area contributed by atoms with Crippen LogP contribution in [0.15, 0.2) is 24.3 Å². The van der Waals surface area contributed by atoms with E-state index in [1.807, 2.05) is 12.1 Å². The first-order valence-electron chi connectivity index (χ1n) is 10.9. The highest BCUT2D eigenvalue weighted by atomic mass is 16.5. The van der Waals surface area contributed by atoms with E-state index >= 15 is 0 Å². The summed E-state index contributed by atoms with van der Waals surface area (Å²) in [5.41, 5.74) is 1.32. The number of nitrogens with zero attached hydrogens (tertiary/aromatic N) is 1. The van der Waals surface area contributed by atoms with Gasteiger partial charge >= 0.3 is 5.97 Å². The Balaban J connectivity index is 1.62. The lowest BCUT2D eigenvalue weighted by molar-refractivity contribution is -0.140. The van der Waals surface area contributed by atoms with Crippen LogP contribution in [0.25, 0.3) is 0 Å². The second-order valence-electron chi connectivity index (χ2n) is 7.97. The van der Waals surface area contributed by atoms with Crippen molar-refractivity contribution in [1.29, 1.82) is 5.26 Å². The second kappa shape index (κ2) is 12.5. The van der Waals surface area contributed by atoms with Gasteiger partial charge in [0.05, 0.1) is 12.0 Å². The average Bonchev–Trinajstić information content (AvgIpc) is 2.71. The number of ether oxygens (including phenoxy) is 1. The fourth-order valence-corrected chi connectivity index (χ4v) is 3.84. The van der Waals surface area contributed by atoms with Crippen LogP contribution in [0.1, 0.15) is 89.5 Å². The quantitative estimate of drug-likeness (QED) is 0.251. The fraction of sp³-hybridized carbons (Fsp3) is 0.667. The Hall–Kier alpha value is -1.82. The number of carbonyl (C=O) groups is 1. The van der Waals surface area contributed by atoms with Crippen LogP contribution in [0.5, 0.6) is 5.75 Å². The van der Waals surface area contributed by atoms with Gasteiger partial charge in [0, 0.05) is 5.92 Å². The summed E-state index contributed by atoms with van der Waals surface area (Å²) < 4.78 is 5.55. The molecule has 27 heavy (non-hydrogen) atoms. The van der Waals surface area contributed by atoms with Crippen molar-refractivity contribution >= 4 is 5.97 Å². The first kappa shape index (κ1) is 21.5. The van der Waals surface area contributed by atoms with Crippen LogP contribution < -0.4 is 4.74 Å². The molecule has 0 amide bonds. The van der Waals surface area contributed by atoms with E-state index in [0.29, 0.717) is 5.75 Å². The first-order valence-corrected chi connectivity index (χ1v) is 10.9. The number of nitriles is 1. The maximum atomic E-state index is 12.3. The van der Waals surface area contributed by atoms with Gasteiger partial charge in [-0.3, -0.25) is 4.79 Å². The normalized spacial score (nSPS) is 19.4. The SMILES string of the molecule is CCCCCCCCCCc1ccc(OC(=O)C2CCC(C#N)CC2)cc1. The third-order valence-electron chi connectivity index (χ3n) is 5.70. The van der Waals surface area contributed by atoms with E-state index < -0.39 is 0 Å². The lowest BCUT2D eigenvalue weighted by Gasteiger charge is -2.23. The lowest BCUT2D eigenvalue weighted by atomic mass is 9.83. The van der Waals surface area contributed by atoms with Crippen molar-refractivity contribution in [2.45, 2.75) is 90.4 Å². The molecule has 0 heterocycles. The lowest BCUT2D eigenvalue weighted by Crippen LogP contribution is -2.25. The Morgan fingerprint density at radius 1 is 0.963 bits per heavy atom. The van der Waals surface area contributed by atoms with E-state index in [9.17, 15) is 4.79 Å². The van der Waals surface area contributed by atoms with Crippen molar-refractivity contribution in [3.8, 4) is 11.8 Å². The van der Waals surface area contributed by atoms with E-state index in [-0.39, 0.29) is 17.8 Å². The number of unbranched alkanes of at least 4 members (excludes halogenated alkanes) is 7. The van der Waals surface area contributed by atoms with Gasteiger partial charge < -0.3 is 4.74 Å². The van der Waals surface area contributed by atoms with Crippen molar-refractivity contribution in [2.75, 3.05) is 0 Å². The number of aryl methyl sites for hydroxylation is 1. The molecule has 0 saturated heterocycles. The van der Waals surface area contributed by atoms with E-state index in [1.54, 1.807) is 0 Å². The molecule has 0 N–H and O–H groups in total. The molecule has 1 saturated carbocycles. The van der Waals surface area contributed by atoms with Gasteiger partial charge in [-0.15, -0.1) is 0 Å². The number of hydrogen-bond acceptors (Lipinski definition) is 3. The van der Waals surface area contributed by atoms with Crippen molar-refractivity contribution in [3.05, 3.63) is 29.8 Å². The van der Waals surface area contributed by atoms with Gasteiger partial charge in [-0.2, -0.15) is 5.26 Å². The summed E-state index contributed by atoms with van der Waals surface area (Å²) in [5.74, 6) is 0.570. The van der Waals surface area contributed by atoms with Gasteiger partial charge in [0.25, 0.3) is 0 Å². The molecule has 3 heteroatoms. The van der Waals surface area contributed by atoms with Gasteiger partial charge in [-0.25, -0.2) is 0 Å². The molecule has 0 unspecified atom stereocenters. The Bertz CT molecular complexity index is 579. The zero-order chi connectivity index (χ0) is 19.3. The molecular formula is C24H35NO2. The highest BCUT2D eigenvalue weighted by molar-refractivity contribution is 5.75. The van der Waals surface area contributed by atoms with Gasteiger partial charge in [-0.1, -0.05) is 64.0 Å². The molecule has 0 aliphatic heterocycles. The number of benzene rings is 1. The van der Waals surface area contributed by atoms with Gasteiger partial charge in [0.2, 0.25) is 0 Å². The molecule has 1 aromatic rings. The van der Waals surface area contributed by atoms with Crippen LogP contribution in [0.2, 0.25) is 0 Å². The van der Waals surface area contributed by atoms with Crippen LogP contribution in [-0.4, -0.2) is 5.97 Å². The molecule has 0 atom stereocenters. The van der Waals surface area contributed by atoms with Crippen molar-refractivity contribution < 1.29 is 9.53 Å². The van der Waals surface area contributed by atoms with Crippen LogP contribution in [0.4, 0.5) is 0 Å². The van der Waals surface area contributed by atoms with E-state index in [2.05, 4.69) is 25.1 Å². The van der Waals surface area contributed by atoms with E-state index in [4.69, 9.17) is 10.00 Å². The second-order valence-corrected chi connectivity index (χ2v) is 7.97. The molecule has 0 radical (unpaired) electrons. The molecular weight excluding hydrogens is 334 g/mol. The molecule has 0 aromatic heterocycles. The molecule has 2 rings (SSSR count). The van der Waals surface area contributed by atoms with E-state index in [0.717, 1.165) is 32.1 Å². The minimum Gasteiger partial charge on any atom is -0.426 e. The number of rotatable bonds is 11. The summed E-state index contributed by atoms with van der Waals surface area (Å²) in [6.45, 7) is 2.26. The van der Waals surface area contributed by atoms with Gasteiger partial charge in [0.1, 0.15) is 5.75 Å². The van der Waals surface area contributed by atoms with Crippen molar-refractivity contribution in [1.82, 2.24) is 0 Å². The third kappa shape index (κ3) is 8.16. The number of esters is 1. The van der Waals surface area contributed by atoms with Crippen LogP contribution in [0.3, 0.4) is 0 Å². The molecule has 1 aromatic carbocycles. The number of carbonyl (C=O) groups excluding carboxylic acids is 1. The zero-order valence-corrected chi connectivity index (χ0v) is 16.9. The molecule has 148 valence electrons. The monoisotopic (exact) mass is 369 g/mol. The van der Waals surface area contributed by atoms with Crippen molar-refractivity contribution in [3.63, 3.8) is 0 Å². The Labute approximate surface area is 165 Å². The topological polar surface area (TPSA) is 50.1 Å². The first-order chi connectivity index (χ1) is 13.2. The summed E-state index contributed by atoms with van der Waals surface area (Å²) in [6, 6.07) is 10.3. The molecule has 1 aliphatic carbocycles.